The molecule has 5 N–H and O–H groups in total. The average molecular weight is 461 g/mol. The van der Waals surface area contributed by atoms with Gasteiger partial charge in [0.2, 0.25) is 11.8 Å². The van der Waals surface area contributed by atoms with Gasteiger partial charge in [0, 0.05) is 6.08 Å². The average Bonchev–Trinajstić information content (AvgIpc) is 2.75. The lowest BCUT2D eigenvalue weighted by atomic mass is 10.2. The first-order chi connectivity index (χ1) is 15.5. The number of alkyl carbamates (subject to hydrolysis) is 1. The summed E-state index contributed by atoms with van der Waals surface area (Å²) in [6.45, 7) is 3.29. The van der Waals surface area contributed by atoms with Crippen molar-refractivity contribution in [3.8, 4) is 0 Å². The number of ether oxygens (including phenoxy) is 1. The van der Waals surface area contributed by atoms with E-state index in [-0.39, 0.29) is 6.61 Å². The predicted octanol–water partition coefficient (Wildman–Crippen LogP) is -0.704. The van der Waals surface area contributed by atoms with Crippen molar-refractivity contribution < 1.29 is 33.5 Å². The predicted molar refractivity (Wildman–Crippen MR) is 116 cm³/mol. The number of primary amides is 1. The number of nitrogens with one attached hydrogen (secondary N) is 3. The Morgan fingerprint density at radius 2 is 1.58 bits per heavy atom. The fraction of sp³-hybridized carbons (Fsp3) is 0.333. The van der Waals surface area contributed by atoms with Crippen molar-refractivity contribution in [1.82, 2.24) is 21.1 Å². The Morgan fingerprint density at radius 1 is 0.970 bits per heavy atom. The van der Waals surface area contributed by atoms with Crippen LogP contribution in [0, 0.1) is 0 Å². The number of nitrogens with two attached hydrogens (primary N) is 1. The van der Waals surface area contributed by atoms with Crippen LogP contribution in [0.15, 0.2) is 42.5 Å². The number of hydrogen-bond donors (Lipinski definition) is 4. The molecule has 0 bridgehead atoms. The third-order valence-corrected chi connectivity index (χ3v) is 3.98. The van der Waals surface area contributed by atoms with Crippen LogP contribution in [0.2, 0.25) is 0 Å². The van der Waals surface area contributed by atoms with Gasteiger partial charge in [-0.05, 0) is 32.4 Å². The van der Waals surface area contributed by atoms with Crippen LogP contribution in [0.25, 0.3) is 0 Å². The molecule has 33 heavy (non-hydrogen) atoms. The molecule has 0 unspecified atom stereocenters. The van der Waals surface area contributed by atoms with E-state index in [0.717, 1.165) is 17.7 Å². The van der Waals surface area contributed by atoms with E-state index < -0.39 is 54.1 Å². The van der Waals surface area contributed by atoms with E-state index in [1.165, 1.54) is 20.8 Å². The molecule has 1 aromatic rings. The number of carbonyl (C=O) groups excluding carboxylic acids is 6. The second-order valence-electron chi connectivity index (χ2n) is 6.97. The Labute approximate surface area is 190 Å². The number of carbonyl (C=O) groups is 6. The lowest BCUT2D eigenvalue weighted by Crippen LogP contribution is -2.56. The van der Waals surface area contributed by atoms with E-state index >= 15 is 0 Å². The molecule has 12 nitrogen and oxygen atoms in total. The van der Waals surface area contributed by atoms with Gasteiger partial charge in [0.25, 0.3) is 11.8 Å². The molecular weight excluding hydrogens is 434 g/mol. The molecule has 12 heteroatoms. The summed E-state index contributed by atoms with van der Waals surface area (Å²) in [5, 5.41) is 5.30. The van der Waals surface area contributed by atoms with Gasteiger partial charge in [0.1, 0.15) is 25.2 Å². The lowest BCUT2D eigenvalue weighted by molar-refractivity contribution is -0.142. The molecule has 0 aliphatic heterocycles. The highest BCUT2D eigenvalue weighted by atomic mass is 16.5. The molecule has 0 saturated carbocycles. The molecule has 5 amide bonds. The van der Waals surface area contributed by atoms with Crippen molar-refractivity contribution in [3.05, 3.63) is 48.0 Å². The minimum atomic E-state index is -1.15. The number of nitrogens with zero attached hydrogens (tertiary/aromatic N) is 1. The summed E-state index contributed by atoms with van der Waals surface area (Å²) in [6, 6.07) is 6.75. The molecule has 1 aromatic carbocycles. The van der Waals surface area contributed by atoms with Crippen LogP contribution >= 0.6 is 0 Å². The maximum absolute atomic E-state index is 12.3. The summed E-state index contributed by atoms with van der Waals surface area (Å²) in [6.07, 6.45) is 0.994. The zero-order valence-corrected chi connectivity index (χ0v) is 18.5. The van der Waals surface area contributed by atoms with Crippen LogP contribution in [0.3, 0.4) is 0 Å². The van der Waals surface area contributed by atoms with E-state index in [4.69, 9.17) is 10.5 Å². The third kappa shape index (κ3) is 10.6. The van der Waals surface area contributed by atoms with Gasteiger partial charge in [-0.2, -0.15) is 0 Å². The van der Waals surface area contributed by atoms with Crippen molar-refractivity contribution in [2.45, 2.75) is 39.5 Å². The Hall–Kier alpha value is -4.22. The van der Waals surface area contributed by atoms with Crippen molar-refractivity contribution in [3.63, 3.8) is 0 Å². The second kappa shape index (κ2) is 13.2. The van der Waals surface area contributed by atoms with E-state index in [0.29, 0.717) is 5.01 Å². The standard InChI is InChI=1S/C21H27N5O7/c1-13(27)9-10-18(29)26(11-17(22)28)25-20(31)15(3)23-19(30)14(2)24-21(32)33-12-16-7-5-4-6-8-16/h4-10,14-15H,11-12H2,1-3H3,(H2,22,28)(H,23,30)(H,24,32)(H,25,31)/b10-9+/t14-,15-/m0/s1. The Balaban J connectivity index is 2.59. The molecule has 178 valence electrons. The van der Waals surface area contributed by atoms with Gasteiger partial charge in [0.15, 0.2) is 5.78 Å². The number of hydrazine groups is 1. The number of ketones is 1. The van der Waals surface area contributed by atoms with Gasteiger partial charge in [-0.25, -0.2) is 9.80 Å². The summed E-state index contributed by atoms with van der Waals surface area (Å²) >= 11 is 0. The maximum atomic E-state index is 12.3. The van der Waals surface area contributed by atoms with Crippen molar-refractivity contribution in [2.75, 3.05) is 6.54 Å². The molecule has 0 aliphatic rings. The first kappa shape index (κ1) is 26.8. The largest absolute Gasteiger partial charge is 0.445 e. The topological polar surface area (TPSA) is 177 Å². The lowest BCUT2D eigenvalue weighted by Gasteiger charge is -2.24. The first-order valence-corrected chi connectivity index (χ1v) is 9.86. The monoisotopic (exact) mass is 461 g/mol. The van der Waals surface area contributed by atoms with Gasteiger partial charge in [0.05, 0.1) is 0 Å². The minimum absolute atomic E-state index is 0.0155. The van der Waals surface area contributed by atoms with Crippen molar-refractivity contribution in [2.24, 2.45) is 5.73 Å². The summed E-state index contributed by atoms with van der Waals surface area (Å²) < 4.78 is 5.03. The third-order valence-electron chi connectivity index (χ3n) is 3.98. The molecule has 0 radical (unpaired) electrons. The van der Waals surface area contributed by atoms with Gasteiger partial charge in [-0.15, -0.1) is 0 Å². The molecular formula is C21H27N5O7. The van der Waals surface area contributed by atoms with Crippen LogP contribution in [-0.2, 0) is 35.3 Å². The number of allylic oxidation sites excluding steroid dienone is 1. The molecule has 0 fully saturated rings. The fourth-order valence-corrected chi connectivity index (χ4v) is 2.25. The van der Waals surface area contributed by atoms with Crippen LogP contribution in [0.4, 0.5) is 4.79 Å². The Morgan fingerprint density at radius 3 is 2.15 bits per heavy atom. The van der Waals surface area contributed by atoms with E-state index in [1.807, 2.05) is 6.07 Å². The minimum Gasteiger partial charge on any atom is -0.445 e. The van der Waals surface area contributed by atoms with Gasteiger partial charge in [-0.3, -0.25) is 29.4 Å². The van der Waals surface area contributed by atoms with Crippen LogP contribution in [-0.4, -0.2) is 59.1 Å². The highest BCUT2D eigenvalue weighted by Gasteiger charge is 2.24. The Kier molecular flexibility index (Phi) is 10.8. The van der Waals surface area contributed by atoms with Gasteiger partial charge >= 0.3 is 6.09 Å². The second-order valence-corrected chi connectivity index (χ2v) is 6.97. The van der Waals surface area contributed by atoms with Gasteiger partial charge < -0.3 is 21.1 Å². The summed E-state index contributed by atoms with van der Waals surface area (Å²) in [7, 11) is 0. The molecule has 0 heterocycles. The molecule has 0 aromatic heterocycles. The SMILES string of the molecule is CC(=O)/C=C/C(=O)N(CC(N)=O)NC(=O)[C@H](C)NC(=O)[C@H](C)NC(=O)OCc1ccccc1. The van der Waals surface area contributed by atoms with Gasteiger partial charge in [-0.1, -0.05) is 30.3 Å². The highest BCUT2D eigenvalue weighted by Crippen LogP contribution is 2.01. The number of benzene rings is 1. The number of rotatable bonds is 10. The molecule has 1 rings (SSSR count). The zero-order valence-electron chi connectivity index (χ0n) is 18.5. The summed E-state index contributed by atoms with van der Waals surface area (Å²) in [4.78, 5) is 70.7. The van der Waals surface area contributed by atoms with Crippen molar-refractivity contribution in [1.29, 1.82) is 0 Å². The van der Waals surface area contributed by atoms with Crippen LogP contribution in [0.5, 0.6) is 0 Å². The van der Waals surface area contributed by atoms with E-state index in [9.17, 15) is 28.8 Å². The molecule has 0 saturated heterocycles. The zero-order chi connectivity index (χ0) is 25.0. The fourth-order valence-electron chi connectivity index (χ4n) is 2.25. The van der Waals surface area contributed by atoms with Crippen molar-refractivity contribution >= 4 is 35.5 Å². The summed E-state index contributed by atoms with van der Waals surface area (Å²) in [5.41, 5.74) is 7.99. The Bertz CT molecular complexity index is 917. The van der Waals surface area contributed by atoms with Crippen LogP contribution in [0.1, 0.15) is 26.3 Å². The molecule has 0 spiro atoms. The van der Waals surface area contributed by atoms with E-state index in [2.05, 4.69) is 16.1 Å². The van der Waals surface area contributed by atoms with E-state index in [1.54, 1.807) is 24.3 Å². The maximum Gasteiger partial charge on any atom is 0.408 e. The summed E-state index contributed by atoms with van der Waals surface area (Å²) in [5.74, 6) is -3.74. The molecule has 0 aliphatic carbocycles. The van der Waals surface area contributed by atoms with Crippen LogP contribution < -0.4 is 21.8 Å². The normalized spacial score (nSPS) is 12.2. The number of hydrogen-bond acceptors (Lipinski definition) is 7. The molecule has 2 atom stereocenters. The first-order valence-electron chi connectivity index (χ1n) is 9.86. The quantitative estimate of drug-likeness (QED) is 0.263. The highest BCUT2D eigenvalue weighted by molar-refractivity contribution is 5.99. The smallest absolute Gasteiger partial charge is 0.408 e. The number of amides is 5.